The molecule has 150 valence electrons. The molecule has 1 aliphatic heterocycles. The van der Waals surface area contributed by atoms with E-state index in [2.05, 4.69) is 10.2 Å². The van der Waals surface area contributed by atoms with E-state index in [1.165, 1.54) is 7.05 Å². The molecule has 0 saturated heterocycles. The van der Waals surface area contributed by atoms with Gasteiger partial charge in [-0.3, -0.25) is 4.79 Å². The van der Waals surface area contributed by atoms with Crippen LogP contribution in [0.5, 0.6) is 0 Å². The van der Waals surface area contributed by atoms with Crippen LogP contribution in [-0.4, -0.2) is 32.8 Å². The van der Waals surface area contributed by atoms with Crippen molar-refractivity contribution in [2.45, 2.75) is 42.8 Å². The molecule has 1 atom stereocenters. The fourth-order valence-electron chi connectivity index (χ4n) is 3.39. The van der Waals surface area contributed by atoms with Crippen LogP contribution in [-0.2, 0) is 23.4 Å². The third kappa shape index (κ3) is 3.43. The summed E-state index contributed by atoms with van der Waals surface area (Å²) >= 11 is 0.961. The van der Waals surface area contributed by atoms with Crippen molar-refractivity contribution in [1.29, 1.82) is 0 Å². The topological polar surface area (TPSA) is 51.0 Å². The van der Waals surface area contributed by atoms with Gasteiger partial charge in [-0.15, -0.1) is 10.2 Å². The molecule has 1 aliphatic rings. The molecule has 1 unspecified atom stereocenters. The molecule has 28 heavy (non-hydrogen) atoms. The lowest BCUT2D eigenvalue weighted by atomic mass is 9.83. The molecule has 0 fully saturated rings. The summed E-state index contributed by atoms with van der Waals surface area (Å²) in [7, 11) is 3.15. The summed E-state index contributed by atoms with van der Waals surface area (Å²) in [5.74, 6) is -1.27. The Balaban J connectivity index is 1.83. The van der Waals surface area contributed by atoms with Crippen LogP contribution in [0.1, 0.15) is 32.2 Å². The van der Waals surface area contributed by atoms with Crippen molar-refractivity contribution in [3.8, 4) is 0 Å². The first-order chi connectivity index (χ1) is 12.9. The van der Waals surface area contributed by atoms with E-state index in [0.717, 1.165) is 33.3 Å². The molecule has 0 spiro atoms. The number of hydrogen-bond donors (Lipinski definition) is 0. The first-order valence-corrected chi connectivity index (χ1v) is 9.55. The number of rotatable bonds is 4. The zero-order valence-electron chi connectivity index (χ0n) is 16.2. The Hall–Kier alpha value is -2.29. The van der Waals surface area contributed by atoms with E-state index in [1.807, 2.05) is 50.1 Å². The number of fused-ring (bicyclic) bond motifs is 1. The van der Waals surface area contributed by atoms with Crippen molar-refractivity contribution < 1.29 is 18.0 Å². The van der Waals surface area contributed by atoms with Crippen LogP contribution in [0.25, 0.3) is 0 Å². The van der Waals surface area contributed by atoms with Crippen molar-refractivity contribution in [3.63, 3.8) is 0 Å². The highest BCUT2D eigenvalue weighted by molar-refractivity contribution is 8.00. The molecule has 0 amide bonds. The molecule has 2 aromatic rings. The van der Waals surface area contributed by atoms with Gasteiger partial charge in [0.15, 0.2) is 10.9 Å². The van der Waals surface area contributed by atoms with Crippen LogP contribution in [0.15, 0.2) is 41.2 Å². The van der Waals surface area contributed by atoms with Crippen molar-refractivity contribution >= 4 is 23.2 Å². The molecule has 1 aromatic carbocycles. The molecule has 1 aromatic heterocycles. The number of carbonyl (C=O) groups is 1. The van der Waals surface area contributed by atoms with E-state index in [1.54, 1.807) is 13.0 Å². The van der Waals surface area contributed by atoms with Crippen molar-refractivity contribution in [1.82, 2.24) is 14.8 Å². The smallest absolute Gasteiger partial charge is 0.347 e. The highest BCUT2D eigenvalue weighted by atomic mass is 32.2. The zero-order chi connectivity index (χ0) is 20.9. The second-order valence-corrected chi connectivity index (χ2v) is 8.56. The number of alkyl halides is 3. The van der Waals surface area contributed by atoms with Crippen molar-refractivity contribution in [2.24, 2.45) is 7.05 Å². The fourth-order valence-corrected chi connectivity index (χ4v) is 4.22. The van der Waals surface area contributed by atoms with E-state index in [4.69, 9.17) is 0 Å². The van der Waals surface area contributed by atoms with Gasteiger partial charge >= 0.3 is 6.18 Å². The van der Waals surface area contributed by atoms with Gasteiger partial charge in [0.05, 0.1) is 5.25 Å². The van der Waals surface area contributed by atoms with E-state index in [-0.39, 0.29) is 16.4 Å². The number of carbonyl (C=O) groups excluding carboxylic acids is 1. The number of aromatic nitrogens is 3. The third-order valence-corrected chi connectivity index (χ3v) is 6.14. The van der Waals surface area contributed by atoms with Crippen molar-refractivity contribution in [3.05, 3.63) is 47.4 Å². The molecule has 0 radical (unpaired) electrons. The number of thioether (sulfide) groups is 1. The minimum atomic E-state index is -4.59. The Labute approximate surface area is 165 Å². The van der Waals surface area contributed by atoms with Gasteiger partial charge in [0.25, 0.3) is 0 Å². The Morgan fingerprint density at radius 3 is 2.43 bits per heavy atom. The number of allylic oxidation sites excluding steroid dienone is 2. The maximum absolute atomic E-state index is 12.9. The zero-order valence-corrected chi connectivity index (χ0v) is 17.0. The summed E-state index contributed by atoms with van der Waals surface area (Å²) < 4.78 is 39.5. The van der Waals surface area contributed by atoms with Crippen molar-refractivity contribution in [2.75, 3.05) is 11.9 Å². The van der Waals surface area contributed by atoms with Crippen LogP contribution in [0.4, 0.5) is 18.9 Å². The minimum Gasteiger partial charge on any atom is -0.347 e. The first-order valence-electron chi connectivity index (χ1n) is 8.67. The normalized spacial score (nSPS) is 18.4. The van der Waals surface area contributed by atoms with Crippen LogP contribution in [0.2, 0.25) is 0 Å². The number of halogens is 3. The maximum Gasteiger partial charge on any atom is 0.451 e. The van der Waals surface area contributed by atoms with Gasteiger partial charge in [-0.05, 0) is 18.6 Å². The fraction of sp³-hybridized carbons (Fsp3) is 0.421. The summed E-state index contributed by atoms with van der Waals surface area (Å²) in [5.41, 5.74) is 2.66. The lowest BCUT2D eigenvalue weighted by molar-refractivity contribution is -0.147. The van der Waals surface area contributed by atoms with Crippen LogP contribution < -0.4 is 4.90 Å². The van der Waals surface area contributed by atoms with E-state index in [0.29, 0.717) is 0 Å². The van der Waals surface area contributed by atoms with Crippen LogP contribution in [0, 0.1) is 0 Å². The van der Waals surface area contributed by atoms with Crippen LogP contribution in [0.3, 0.4) is 0 Å². The Kier molecular flexibility index (Phi) is 5.07. The Morgan fingerprint density at radius 2 is 1.86 bits per heavy atom. The molecule has 5 nitrogen and oxygen atoms in total. The summed E-state index contributed by atoms with van der Waals surface area (Å²) in [4.78, 5) is 14.8. The number of likely N-dealkylation sites (N-methyl/N-ethyl adjacent to an activating group) is 1. The first kappa shape index (κ1) is 20.4. The number of nitrogens with zero attached hydrogens (tertiary/aromatic N) is 4. The minimum absolute atomic E-state index is 0.0499. The van der Waals surface area contributed by atoms with Gasteiger partial charge in [0.1, 0.15) is 0 Å². The third-order valence-electron chi connectivity index (χ3n) is 4.99. The van der Waals surface area contributed by atoms with Crippen LogP contribution >= 0.6 is 11.8 Å². The van der Waals surface area contributed by atoms with E-state index in [9.17, 15) is 18.0 Å². The standard InChI is InChI=1S/C19H21F3N4OS/c1-11(28-17-24-23-16(26(17)5)19(20,21)22)14(27)10-15-18(2,3)12-8-6-7-9-13(12)25(15)4/h6-11H,1-5H3/b15-10+. The average molecular weight is 410 g/mol. The molecule has 3 rings (SSSR count). The van der Waals surface area contributed by atoms with E-state index < -0.39 is 17.3 Å². The molecule has 0 saturated carbocycles. The number of benzene rings is 1. The summed E-state index contributed by atoms with van der Waals surface area (Å²) in [6.45, 7) is 5.75. The number of ketones is 1. The predicted octanol–water partition coefficient (Wildman–Crippen LogP) is 4.20. The summed E-state index contributed by atoms with van der Waals surface area (Å²) in [6, 6.07) is 7.94. The summed E-state index contributed by atoms with van der Waals surface area (Å²) in [6.07, 6.45) is -3.00. The largest absolute Gasteiger partial charge is 0.451 e. The quantitative estimate of drug-likeness (QED) is 0.559. The van der Waals surface area contributed by atoms with Gasteiger partial charge in [0, 0.05) is 37.0 Å². The number of para-hydroxylation sites is 1. The van der Waals surface area contributed by atoms with Gasteiger partial charge in [0.2, 0.25) is 5.82 Å². The van der Waals surface area contributed by atoms with Gasteiger partial charge in [-0.25, -0.2) is 0 Å². The molecule has 0 bridgehead atoms. The number of hydrogen-bond acceptors (Lipinski definition) is 5. The second kappa shape index (κ2) is 6.95. The van der Waals surface area contributed by atoms with Gasteiger partial charge < -0.3 is 9.47 Å². The lowest BCUT2D eigenvalue weighted by Gasteiger charge is -2.24. The predicted molar refractivity (Wildman–Crippen MR) is 102 cm³/mol. The number of anilines is 1. The molecule has 0 N–H and O–H groups in total. The molecule has 9 heteroatoms. The molecular formula is C19H21F3N4OS. The lowest BCUT2D eigenvalue weighted by Crippen LogP contribution is -2.25. The van der Waals surface area contributed by atoms with Gasteiger partial charge in [-0.2, -0.15) is 13.2 Å². The monoisotopic (exact) mass is 410 g/mol. The Bertz CT molecular complexity index is 949. The Morgan fingerprint density at radius 1 is 1.21 bits per heavy atom. The highest BCUT2D eigenvalue weighted by Gasteiger charge is 2.40. The molecule has 0 aliphatic carbocycles. The average Bonchev–Trinajstić information content (AvgIpc) is 3.06. The van der Waals surface area contributed by atoms with Gasteiger partial charge in [-0.1, -0.05) is 43.8 Å². The SMILES string of the molecule is CC(Sc1nnc(C(F)(F)F)n1C)C(=O)/C=C1/N(C)c2ccccc2C1(C)C. The molecule has 2 heterocycles. The second-order valence-electron chi connectivity index (χ2n) is 7.26. The highest BCUT2D eigenvalue weighted by Crippen LogP contribution is 2.46. The maximum atomic E-state index is 12.9. The summed E-state index contributed by atoms with van der Waals surface area (Å²) in [5, 5.41) is 6.22. The van der Waals surface area contributed by atoms with E-state index >= 15 is 0 Å². The molecular weight excluding hydrogens is 389 g/mol.